The van der Waals surface area contributed by atoms with Crippen LogP contribution in [0.25, 0.3) is 11.3 Å². The largest absolute Gasteiger partial charge is 0.423 e. The van der Waals surface area contributed by atoms with E-state index < -0.39 is 10.0 Å². The summed E-state index contributed by atoms with van der Waals surface area (Å²) in [4.78, 5) is 4.68. The number of aromatic nitrogens is 1. The molecule has 1 aromatic heterocycles. The fraction of sp³-hybridized carbons (Fsp3) is 0.0455. The molecule has 7 heteroatoms. The van der Waals surface area contributed by atoms with Crippen molar-refractivity contribution in [3.05, 3.63) is 101 Å². The molecule has 0 atom stereocenters. The molecular formula is C22H17ClN2O3S. The lowest BCUT2D eigenvalue weighted by Crippen LogP contribution is -2.12. The summed E-state index contributed by atoms with van der Waals surface area (Å²) in [6.45, 7) is 0. The summed E-state index contributed by atoms with van der Waals surface area (Å²) in [7, 11) is -3.83. The normalized spacial score (nSPS) is 11.3. The first-order valence-corrected chi connectivity index (χ1v) is 10.7. The average Bonchev–Trinajstić information content (AvgIpc) is 3.11. The summed E-state index contributed by atoms with van der Waals surface area (Å²) < 4.78 is 33.9. The Labute approximate surface area is 174 Å². The highest BCUT2D eigenvalue weighted by Crippen LogP contribution is 2.32. The summed E-state index contributed by atoms with van der Waals surface area (Å²) in [5.41, 5.74) is 2.05. The second kappa shape index (κ2) is 8.11. The fourth-order valence-electron chi connectivity index (χ4n) is 2.89. The molecule has 0 saturated carbocycles. The molecule has 0 aliphatic heterocycles. The number of nitrogens with zero attached hydrogens (tertiary/aromatic N) is 1. The van der Waals surface area contributed by atoms with Crippen molar-refractivity contribution in [3.63, 3.8) is 0 Å². The SMILES string of the molecule is O=S(=O)(Nc1oc(Cc2ccccc2)nc1-c1cccc(Cl)c1)c1ccccc1. The highest BCUT2D eigenvalue weighted by Gasteiger charge is 2.22. The van der Waals surface area contributed by atoms with Gasteiger partial charge in [0, 0.05) is 17.0 Å². The molecule has 1 N–H and O–H groups in total. The molecular weight excluding hydrogens is 408 g/mol. The number of rotatable bonds is 6. The monoisotopic (exact) mass is 424 g/mol. The Balaban J connectivity index is 1.75. The van der Waals surface area contributed by atoms with Gasteiger partial charge >= 0.3 is 0 Å². The number of hydrogen-bond acceptors (Lipinski definition) is 4. The van der Waals surface area contributed by atoms with Crippen molar-refractivity contribution in [1.29, 1.82) is 0 Å². The second-order valence-corrected chi connectivity index (χ2v) is 8.50. The van der Waals surface area contributed by atoms with Crippen molar-refractivity contribution in [2.45, 2.75) is 11.3 Å². The standard InChI is InChI=1S/C22H17ClN2O3S/c23-18-11-7-10-17(15-18)21-22(25-29(26,27)19-12-5-2-6-13-19)28-20(24-21)14-16-8-3-1-4-9-16/h1-13,15,25H,14H2. The molecule has 0 saturated heterocycles. The van der Waals surface area contributed by atoms with Crippen LogP contribution in [-0.4, -0.2) is 13.4 Å². The Morgan fingerprint density at radius 1 is 0.897 bits per heavy atom. The Morgan fingerprint density at radius 2 is 1.59 bits per heavy atom. The van der Waals surface area contributed by atoms with Crippen molar-refractivity contribution >= 4 is 27.5 Å². The topological polar surface area (TPSA) is 72.2 Å². The molecule has 0 unspecified atom stereocenters. The van der Waals surface area contributed by atoms with E-state index in [9.17, 15) is 8.42 Å². The number of halogens is 1. The van der Waals surface area contributed by atoms with Crippen LogP contribution in [0.1, 0.15) is 11.5 Å². The molecule has 0 aliphatic carbocycles. The van der Waals surface area contributed by atoms with Crippen LogP contribution in [0, 0.1) is 0 Å². The lowest BCUT2D eigenvalue weighted by atomic mass is 10.1. The molecule has 5 nitrogen and oxygen atoms in total. The van der Waals surface area contributed by atoms with Gasteiger partial charge in [-0.05, 0) is 29.8 Å². The van der Waals surface area contributed by atoms with Gasteiger partial charge in [0.15, 0.2) is 0 Å². The van der Waals surface area contributed by atoms with Gasteiger partial charge < -0.3 is 4.42 Å². The smallest absolute Gasteiger partial charge is 0.264 e. The van der Waals surface area contributed by atoms with Crippen LogP contribution in [0.3, 0.4) is 0 Å². The molecule has 0 bridgehead atoms. The Morgan fingerprint density at radius 3 is 2.28 bits per heavy atom. The molecule has 4 aromatic rings. The third-order valence-electron chi connectivity index (χ3n) is 4.25. The number of nitrogens with one attached hydrogen (secondary N) is 1. The highest BCUT2D eigenvalue weighted by molar-refractivity contribution is 7.92. The molecule has 0 radical (unpaired) electrons. The first-order chi connectivity index (χ1) is 14.0. The first-order valence-electron chi connectivity index (χ1n) is 8.89. The van der Waals surface area contributed by atoms with E-state index in [-0.39, 0.29) is 10.8 Å². The minimum Gasteiger partial charge on any atom is -0.423 e. The quantitative estimate of drug-likeness (QED) is 0.450. The molecule has 146 valence electrons. The first kappa shape index (κ1) is 19.2. The van der Waals surface area contributed by atoms with Crippen LogP contribution < -0.4 is 4.72 Å². The van der Waals surface area contributed by atoms with E-state index in [0.29, 0.717) is 28.6 Å². The second-order valence-electron chi connectivity index (χ2n) is 6.38. The van der Waals surface area contributed by atoms with E-state index >= 15 is 0 Å². The van der Waals surface area contributed by atoms with E-state index in [4.69, 9.17) is 16.0 Å². The maximum atomic E-state index is 12.8. The van der Waals surface area contributed by atoms with Gasteiger partial charge in [0.25, 0.3) is 10.0 Å². The van der Waals surface area contributed by atoms with Crippen molar-refractivity contribution in [3.8, 4) is 11.3 Å². The number of hydrogen-bond donors (Lipinski definition) is 1. The predicted molar refractivity (Wildman–Crippen MR) is 113 cm³/mol. The third kappa shape index (κ3) is 4.50. The van der Waals surface area contributed by atoms with Crippen molar-refractivity contribution in [1.82, 2.24) is 4.98 Å². The summed E-state index contributed by atoms with van der Waals surface area (Å²) in [5, 5.41) is 0.520. The third-order valence-corrected chi connectivity index (χ3v) is 5.83. The van der Waals surface area contributed by atoms with Crippen molar-refractivity contribution in [2.24, 2.45) is 0 Å². The number of sulfonamides is 1. The minimum atomic E-state index is -3.83. The van der Waals surface area contributed by atoms with E-state index in [0.717, 1.165) is 5.56 Å². The summed E-state index contributed by atoms with van der Waals surface area (Å²) in [6.07, 6.45) is 0.432. The van der Waals surface area contributed by atoms with E-state index in [1.807, 2.05) is 30.3 Å². The molecule has 3 aromatic carbocycles. The molecule has 0 aliphatic rings. The van der Waals surface area contributed by atoms with Crippen LogP contribution in [0.2, 0.25) is 5.02 Å². The van der Waals surface area contributed by atoms with Crippen molar-refractivity contribution in [2.75, 3.05) is 4.72 Å². The molecule has 0 fully saturated rings. The number of oxazole rings is 1. The highest BCUT2D eigenvalue weighted by atomic mass is 35.5. The maximum Gasteiger partial charge on any atom is 0.264 e. The molecule has 0 spiro atoms. The fourth-order valence-corrected chi connectivity index (χ4v) is 4.10. The van der Waals surface area contributed by atoms with Gasteiger partial charge in [-0.25, -0.2) is 18.1 Å². The van der Waals surface area contributed by atoms with Gasteiger partial charge in [-0.2, -0.15) is 0 Å². The van der Waals surface area contributed by atoms with Crippen LogP contribution in [0.5, 0.6) is 0 Å². The Bertz CT molecular complexity index is 1220. The van der Waals surface area contributed by atoms with Gasteiger partial charge in [0.05, 0.1) is 4.90 Å². The van der Waals surface area contributed by atoms with Gasteiger partial charge in [-0.15, -0.1) is 0 Å². The van der Waals surface area contributed by atoms with Gasteiger partial charge in [0.1, 0.15) is 5.69 Å². The molecule has 4 rings (SSSR count). The Hall–Kier alpha value is -3.09. The van der Waals surface area contributed by atoms with E-state index in [1.165, 1.54) is 12.1 Å². The van der Waals surface area contributed by atoms with Crippen LogP contribution in [0.15, 0.2) is 94.2 Å². The zero-order valence-electron chi connectivity index (χ0n) is 15.2. The zero-order chi connectivity index (χ0) is 20.3. The number of benzene rings is 3. The molecule has 0 amide bonds. The van der Waals surface area contributed by atoms with Crippen LogP contribution in [0.4, 0.5) is 5.88 Å². The van der Waals surface area contributed by atoms with E-state index in [1.54, 1.807) is 42.5 Å². The van der Waals surface area contributed by atoms with Gasteiger partial charge in [-0.3, -0.25) is 0 Å². The summed E-state index contributed by atoms with van der Waals surface area (Å²) in [6, 6.07) is 24.8. The van der Waals surface area contributed by atoms with Gasteiger partial charge in [-0.1, -0.05) is 72.3 Å². The lowest BCUT2D eigenvalue weighted by molar-refractivity contribution is 0.521. The maximum absolute atomic E-state index is 12.8. The van der Waals surface area contributed by atoms with Crippen molar-refractivity contribution < 1.29 is 12.8 Å². The predicted octanol–water partition coefficient (Wildman–Crippen LogP) is 5.39. The molecule has 29 heavy (non-hydrogen) atoms. The summed E-state index contributed by atoms with van der Waals surface area (Å²) in [5.74, 6) is 0.457. The Kier molecular flexibility index (Phi) is 5.38. The van der Waals surface area contributed by atoms with Crippen LogP contribution >= 0.6 is 11.6 Å². The van der Waals surface area contributed by atoms with Gasteiger partial charge in [0.2, 0.25) is 11.8 Å². The zero-order valence-corrected chi connectivity index (χ0v) is 16.8. The lowest BCUT2D eigenvalue weighted by Gasteiger charge is -2.07. The van der Waals surface area contributed by atoms with E-state index in [2.05, 4.69) is 9.71 Å². The minimum absolute atomic E-state index is 0.0575. The molecule has 1 heterocycles. The number of anilines is 1. The summed E-state index contributed by atoms with van der Waals surface area (Å²) >= 11 is 6.12. The average molecular weight is 425 g/mol. The van der Waals surface area contributed by atoms with Crippen LogP contribution in [-0.2, 0) is 16.4 Å².